The van der Waals surface area contributed by atoms with E-state index in [-0.39, 0.29) is 24.7 Å². The predicted molar refractivity (Wildman–Crippen MR) is 126 cm³/mol. The number of carbonyl (C=O) groups excluding carboxylic acids is 2. The summed E-state index contributed by atoms with van der Waals surface area (Å²) in [6.45, 7) is 2.06. The lowest BCUT2D eigenvalue weighted by Crippen LogP contribution is -2.38. The number of aliphatic imine (C=N–C) groups is 1. The fourth-order valence-electron chi connectivity index (χ4n) is 3.98. The second-order valence-corrected chi connectivity index (χ2v) is 8.57. The predicted octanol–water partition coefficient (Wildman–Crippen LogP) is 4.81. The molecule has 1 N–H and O–H groups in total. The number of methoxy groups -OCH3 is 1. The van der Waals surface area contributed by atoms with Gasteiger partial charge in [0.1, 0.15) is 11.6 Å². The van der Waals surface area contributed by atoms with Gasteiger partial charge in [0.15, 0.2) is 5.17 Å². The maximum absolute atomic E-state index is 14.2. The van der Waals surface area contributed by atoms with Gasteiger partial charge in [-0.25, -0.2) is 18.6 Å². The molecule has 176 valence electrons. The third-order valence-corrected chi connectivity index (χ3v) is 6.40. The molecule has 0 unspecified atom stereocenters. The number of thioether (sulfide) groups is 1. The van der Waals surface area contributed by atoms with Crippen LogP contribution in [-0.2, 0) is 20.9 Å². The van der Waals surface area contributed by atoms with Crippen molar-refractivity contribution >= 4 is 28.8 Å². The van der Waals surface area contributed by atoms with Crippen LogP contribution >= 0.6 is 11.8 Å². The summed E-state index contributed by atoms with van der Waals surface area (Å²) < 4.78 is 32.6. The van der Waals surface area contributed by atoms with Crippen molar-refractivity contribution in [3.05, 3.63) is 93.7 Å². The topological polar surface area (TPSA) is 71.0 Å². The van der Waals surface area contributed by atoms with Gasteiger partial charge < -0.3 is 15.0 Å². The summed E-state index contributed by atoms with van der Waals surface area (Å²) in [4.78, 5) is 32.0. The summed E-state index contributed by atoms with van der Waals surface area (Å²) in [6, 6.07) is 11.3. The number of hydrogen-bond donors (Lipinski definition) is 1. The lowest BCUT2D eigenvalue weighted by atomic mass is 9.93. The first-order chi connectivity index (χ1) is 16.4. The minimum atomic E-state index is -0.692. The van der Waals surface area contributed by atoms with Gasteiger partial charge in [-0.3, -0.25) is 4.79 Å². The van der Waals surface area contributed by atoms with Crippen LogP contribution in [0.5, 0.6) is 0 Å². The molecule has 0 radical (unpaired) electrons. The van der Waals surface area contributed by atoms with Crippen LogP contribution in [0.2, 0.25) is 0 Å². The van der Waals surface area contributed by atoms with Gasteiger partial charge in [-0.2, -0.15) is 0 Å². The van der Waals surface area contributed by atoms with Gasteiger partial charge >= 0.3 is 5.97 Å². The normalized spacial score (nSPS) is 17.2. The minimum Gasteiger partial charge on any atom is -0.466 e. The van der Waals surface area contributed by atoms with E-state index in [4.69, 9.17) is 4.74 Å². The van der Waals surface area contributed by atoms with Gasteiger partial charge in [0.2, 0.25) is 5.91 Å². The SMILES string of the molecule is CCC1=C(C(=O)OC)[C@@H](c2cccc(F)c2)N2C(CC(=O)NCc3cccc(F)c3)=CSC2=N1. The standard InChI is InChI=1S/C25H23F2N3O3S/c1-3-20-22(24(32)33-2)23(16-7-5-9-18(27)11-16)30-19(14-34-25(30)29-20)12-21(31)28-13-15-6-4-8-17(26)10-15/h4-11,14,23H,3,12-13H2,1-2H3,(H,28,31)/t23-/m1/s1. The number of ether oxygens (including phenoxy) is 1. The average Bonchev–Trinajstić information content (AvgIpc) is 3.23. The third-order valence-electron chi connectivity index (χ3n) is 5.51. The van der Waals surface area contributed by atoms with Crippen molar-refractivity contribution in [1.29, 1.82) is 0 Å². The fourth-order valence-corrected chi connectivity index (χ4v) is 4.92. The maximum Gasteiger partial charge on any atom is 0.338 e. The van der Waals surface area contributed by atoms with Crippen LogP contribution in [0.25, 0.3) is 0 Å². The highest BCUT2D eigenvalue weighted by atomic mass is 32.2. The summed E-state index contributed by atoms with van der Waals surface area (Å²) in [6.07, 6.45) is 0.487. The Hall–Kier alpha value is -3.46. The van der Waals surface area contributed by atoms with Gasteiger partial charge in [0, 0.05) is 12.2 Å². The Labute approximate surface area is 200 Å². The first-order valence-corrected chi connectivity index (χ1v) is 11.6. The van der Waals surface area contributed by atoms with Gasteiger partial charge in [0.05, 0.1) is 30.8 Å². The van der Waals surface area contributed by atoms with Crippen LogP contribution in [0.3, 0.4) is 0 Å². The quantitative estimate of drug-likeness (QED) is 0.573. The Morgan fingerprint density at radius 2 is 1.88 bits per heavy atom. The lowest BCUT2D eigenvalue weighted by molar-refractivity contribution is -0.136. The van der Waals surface area contributed by atoms with E-state index < -0.39 is 17.8 Å². The van der Waals surface area contributed by atoms with E-state index in [0.717, 1.165) is 0 Å². The number of allylic oxidation sites excluding steroid dienone is 1. The van der Waals surface area contributed by atoms with Crippen molar-refractivity contribution in [3.63, 3.8) is 0 Å². The number of nitrogens with zero attached hydrogens (tertiary/aromatic N) is 2. The number of halogens is 2. The van der Waals surface area contributed by atoms with E-state index in [2.05, 4.69) is 10.3 Å². The second kappa shape index (κ2) is 10.2. The molecule has 2 heterocycles. The van der Waals surface area contributed by atoms with Crippen molar-refractivity contribution in [3.8, 4) is 0 Å². The molecule has 9 heteroatoms. The Bertz CT molecular complexity index is 1230. The van der Waals surface area contributed by atoms with E-state index >= 15 is 0 Å². The van der Waals surface area contributed by atoms with Crippen molar-refractivity contribution in [1.82, 2.24) is 10.2 Å². The zero-order valence-corrected chi connectivity index (χ0v) is 19.5. The number of amides is 1. The molecule has 0 spiro atoms. The van der Waals surface area contributed by atoms with Crippen LogP contribution < -0.4 is 5.32 Å². The molecule has 0 saturated carbocycles. The molecule has 0 saturated heterocycles. The lowest BCUT2D eigenvalue weighted by Gasteiger charge is -2.36. The van der Waals surface area contributed by atoms with Crippen LogP contribution in [0.1, 0.15) is 36.9 Å². The van der Waals surface area contributed by atoms with E-state index in [0.29, 0.717) is 39.7 Å². The zero-order valence-electron chi connectivity index (χ0n) is 18.7. The number of fused-ring (bicyclic) bond motifs is 1. The number of rotatable bonds is 7. The highest BCUT2D eigenvalue weighted by molar-refractivity contribution is 8.16. The van der Waals surface area contributed by atoms with E-state index in [1.807, 2.05) is 6.92 Å². The maximum atomic E-state index is 14.2. The largest absolute Gasteiger partial charge is 0.466 e. The Morgan fingerprint density at radius 3 is 2.56 bits per heavy atom. The van der Waals surface area contributed by atoms with Crippen LogP contribution in [0.4, 0.5) is 8.78 Å². The molecule has 2 aromatic rings. The number of hydrogen-bond acceptors (Lipinski definition) is 6. The summed E-state index contributed by atoms with van der Waals surface area (Å²) in [7, 11) is 1.29. The van der Waals surface area contributed by atoms with E-state index in [9.17, 15) is 18.4 Å². The molecule has 34 heavy (non-hydrogen) atoms. The molecule has 1 amide bonds. The van der Waals surface area contributed by atoms with Gasteiger partial charge in [-0.1, -0.05) is 43.0 Å². The molecule has 4 rings (SSSR count). The van der Waals surface area contributed by atoms with Gasteiger partial charge in [-0.05, 0) is 47.2 Å². The smallest absolute Gasteiger partial charge is 0.338 e. The molecule has 0 aromatic heterocycles. The number of esters is 1. The summed E-state index contributed by atoms with van der Waals surface area (Å²) in [5.41, 5.74) is 2.68. The van der Waals surface area contributed by atoms with Gasteiger partial charge in [-0.15, -0.1) is 0 Å². The molecule has 1 atom stereocenters. The molecular formula is C25H23F2N3O3S. The minimum absolute atomic E-state index is 0.00304. The summed E-state index contributed by atoms with van der Waals surface area (Å²) in [5, 5.41) is 5.20. The molecule has 0 fully saturated rings. The van der Waals surface area contributed by atoms with Crippen LogP contribution in [0.15, 0.2) is 75.9 Å². The van der Waals surface area contributed by atoms with Crippen LogP contribution in [-0.4, -0.2) is 29.1 Å². The van der Waals surface area contributed by atoms with Gasteiger partial charge in [0.25, 0.3) is 0 Å². The zero-order chi connectivity index (χ0) is 24.2. The number of carbonyl (C=O) groups is 2. The molecule has 0 aliphatic carbocycles. The number of nitrogens with one attached hydrogen (secondary N) is 1. The molecule has 2 aliphatic rings. The van der Waals surface area contributed by atoms with E-state index in [1.165, 1.54) is 43.1 Å². The number of amidine groups is 1. The molecule has 2 aliphatic heterocycles. The van der Waals surface area contributed by atoms with Crippen molar-refractivity contribution < 1.29 is 23.1 Å². The van der Waals surface area contributed by atoms with E-state index in [1.54, 1.807) is 34.6 Å². The first-order valence-electron chi connectivity index (χ1n) is 10.7. The van der Waals surface area contributed by atoms with Crippen molar-refractivity contribution in [2.24, 2.45) is 4.99 Å². The molecular weight excluding hydrogens is 460 g/mol. The average molecular weight is 484 g/mol. The first kappa shape index (κ1) is 23.7. The summed E-state index contributed by atoms with van der Waals surface area (Å²) in [5.74, 6) is -1.64. The van der Waals surface area contributed by atoms with Crippen molar-refractivity contribution in [2.45, 2.75) is 32.4 Å². The fraction of sp³-hybridized carbons (Fsp3) is 0.240. The van der Waals surface area contributed by atoms with Crippen LogP contribution in [0, 0.1) is 11.6 Å². The summed E-state index contributed by atoms with van der Waals surface area (Å²) >= 11 is 1.34. The Balaban J connectivity index is 1.62. The molecule has 6 nitrogen and oxygen atoms in total. The van der Waals surface area contributed by atoms with Crippen molar-refractivity contribution in [2.75, 3.05) is 7.11 Å². The monoisotopic (exact) mass is 483 g/mol. The second-order valence-electron chi connectivity index (χ2n) is 7.74. The Kier molecular flexibility index (Phi) is 7.12. The molecule has 2 aromatic carbocycles. The third kappa shape index (κ3) is 4.89. The molecule has 0 bridgehead atoms. The Morgan fingerprint density at radius 1 is 1.15 bits per heavy atom. The highest BCUT2D eigenvalue weighted by Crippen LogP contribution is 2.45. The highest BCUT2D eigenvalue weighted by Gasteiger charge is 2.41. The number of benzene rings is 2.